The van der Waals surface area contributed by atoms with Crippen molar-refractivity contribution in [1.82, 2.24) is 9.97 Å². The van der Waals surface area contributed by atoms with Crippen LogP contribution in [0.4, 0.5) is 10.2 Å². The molecule has 1 heterocycles. The third-order valence-electron chi connectivity index (χ3n) is 3.95. The number of hydrogen-bond acceptors (Lipinski definition) is 4. The highest BCUT2D eigenvalue weighted by Gasteiger charge is 2.24. The monoisotopic (exact) mass is 403 g/mol. The lowest BCUT2D eigenvalue weighted by Crippen LogP contribution is -2.08. The van der Waals surface area contributed by atoms with Crippen LogP contribution in [0.2, 0.25) is 5.02 Å². The van der Waals surface area contributed by atoms with Gasteiger partial charge in [0.25, 0.3) is 0 Å². The highest BCUT2D eigenvalue weighted by molar-refractivity contribution is 7.86. The molecule has 4 rings (SSSR count). The molecule has 0 spiro atoms. The Morgan fingerprint density at radius 2 is 1.96 bits per heavy atom. The predicted octanol–water partition coefficient (Wildman–Crippen LogP) is 4.61. The number of ether oxygens (including phenoxy) is 1. The fourth-order valence-corrected chi connectivity index (χ4v) is 3.52. The summed E-state index contributed by atoms with van der Waals surface area (Å²) < 4.78 is 34.5. The van der Waals surface area contributed by atoms with Gasteiger partial charge in [-0.2, -0.15) is 0 Å². The van der Waals surface area contributed by atoms with E-state index in [1.54, 1.807) is 24.3 Å². The van der Waals surface area contributed by atoms with Crippen molar-refractivity contribution in [2.24, 2.45) is 0 Å². The van der Waals surface area contributed by atoms with E-state index in [9.17, 15) is 8.60 Å². The van der Waals surface area contributed by atoms with Gasteiger partial charge in [-0.05, 0) is 43.2 Å². The average Bonchev–Trinajstić information content (AvgIpc) is 3.48. The molecule has 0 aliphatic heterocycles. The molecule has 2 aromatic carbocycles. The Balaban J connectivity index is 1.54. The summed E-state index contributed by atoms with van der Waals surface area (Å²) in [7, 11) is -1.78. The smallest absolute Gasteiger partial charge is 0.154 e. The van der Waals surface area contributed by atoms with Crippen molar-refractivity contribution in [1.29, 1.82) is 0 Å². The topological polar surface area (TPSA) is 64.1 Å². The minimum atomic E-state index is -1.78. The molecule has 8 heteroatoms. The molecule has 5 nitrogen and oxygen atoms in total. The van der Waals surface area contributed by atoms with Crippen LogP contribution in [0.5, 0.6) is 5.75 Å². The first kappa shape index (κ1) is 17.9. The summed E-state index contributed by atoms with van der Waals surface area (Å²) in [5.74, 6) is 0.419. The van der Waals surface area contributed by atoms with Crippen LogP contribution < -0.4 is 9.46 Å². The van der Waals surface area contributed by atoms with Gasteiger partial charge in [0.1, 0.15) is 23.7 Å². The van der Waals surface area contributed by atoms with E-state index in [4.69, 9.17) is 16.3 Å². The Morgan fingerprint density at radius 1 is 1.15 bits per heavy atom. The first-order chi connectivity index (χ1) is 13.1. The van der Waals surface area contributed by atoms with Gasteiger partial charge in [-0.1, -0.05) is 23.7 Å². The number of nitrogens with zero attached hydrogens (tertiary/aromatic N) is 2. The minimum absolute atomic E-state index is 0.0577. The van der Waals surface area contributed by atoms with Gasteiger partial charge in [-0.25, -0.2) is 18.6 Å². The van der Waals surface area contributed by atoms with E-state index < -0.39 is 16.8 Å². The molecule has 1 fully saturated rings. The lowest BCUT2D eigenvalue weighted by atomic mass is 10.1. The molecular weight excluding hydrogens is 389 g/mol. The zero-order valence-electron chi connectivity index (χ0n) is 14.1. The van der Waals surface area contributed by atoms with Crippen molar-refractivity contribution in [3.8, 4) is 17.0 Å². The zero-order valence-corrected chi connectivity index (χ0v) is 15.6. The van der Waals surface area contributed by atoms with Gasteiger partial charge in [0, 0.05) is 11.6 Å². The highest BCUT2D eigenvalue weighted by Crippen LogP contribution is 2.34. The van der Waals surface area contributed by atoms with Crippen LogP contribution in [0, 0.1) is 5.82 Å². The Labute approximate surface area is 163 Å². The number of benzene rings is 2. The number of aromatic nitrogens is 2. The molecular formula is C19H15ClFN3O2S. The fraction of sp³-hybridized carbons (Fsp3) is 0.158. The van der Waals surface area contributed by atoms with Crippen molar-refractivity contribution >= 4 is 28.4 Å². The van der Waals surface area contributed by atoms with Crippen LogP contribution in [0.3, 0.4) is 0 Å². The summed E-state index contributed by atoms with van der Waals surface area (Å²) in [5, 5.41) is 0.502. The van der Waals surface area contributed by atoms with Crippen molar-refractivity contribution in [3.63, 3.8) is 0 Å². The summed E-state index contributed by atoms with van der Waals surface area (Å²) >= 11 is 6.30. The molecule has 27 heavy (non-hydrogen) atoms. The summed E-state index contributed by atoms with van der Waals surface area (Å²) in [6.07, 6.45) is 3.71. The quantitative estimate of drug-likeness (QED) is 0.652. The van der Waals surface area contributed by atoms with E-state index in [1.165, 1.54) is 18.5 Å². The molecule has 1 unspecified atom stereocenters. The van der Waals surface area contributed by atoms with E-state index in [0.717, 1.165) is 18.4 Å². The third-order valence-corrected chi connectivity index (χ3v) is 5.37. The van der Waals surface area contributed by atoms with Crippen LogP contribution in [-0.4, -0.2) is 20.3 Å². The summed E-state index contributed by atoms with van der Waals surface area (Å²) in [6, 6.07) is 12.9. The van der Waals surface area contributed by atoms with Gasteiger partial charge in [-0.3, -0.25) is 4.72 Å². The van der Waals surface area contributed by atoms with Crippen LogP contribution in [0.25, 0.3) is 11.3 Å². The number of anilines is 1. The number of hydrogen-bond donors (Lipinski definition) is 1. The average molecular weight is 404 g/mol. The molecule has 1 N–H and O–H groups in total. The molecule has 1 aliphatic carbocycles. The van der Waals surface area contributed by atoms with Crippen molar-refractivity contribution in [2.45, 2.75) is 23.8 Å². The van der Waals surface area contributed by atoms with Gasteiger partial charge < -0.3 is 4.74 Å². The van der Waals surface area contributed by atoms with Crippen LogP contribution in [0.15, 0.2) is 59.8 Å². The zero-order chi connectivity index (χ0) is 18.8. The maximum Gasteiger partial charge on any atom is 0.154 e. The molecule has 1 aliphatic rings. The first-order valence-corrected chi connectivity index (χ1v) is 9.84. The molecule has 0 saturated heterocycles. The van der Waals surface area contributed by atoms with Crippen LogP contribution in [-0.2, 0) is 11.0 Å². The van der Waals surface area contributed by atoms with Crippen molar-refractivity contribution in [3.05, 3.63) is 65.7 Å². The normalized spacial score (nSPS) is 14.6. The highest BCUT2D eigenvalue weighted by atomic mass is 35.5. The van der Waals surface area contributed by atoms with Gasteiger partial charge >= 0.3 is 0 Å². The molecule has 3 aromatic rings. The second-order valence-electron chi connectivity index (χ2n) is 6.05. The van der Waals surface area contributed by atoms with E-state index in [1.807, 2.05) is 12.1 Å². The van der Waals surface area contributed by atoms with Crippen molar-refractivity contribution < 1.29 is 13.3 Å². The lowest BCUT2D eigenvalue weighted by Gasteiger charge is -2.10. The lowest BCUT2D eigenvalue weighted by molar-refractivity contribution is 0.303. The van der Waals surface area contributed by atoms with Crippen LogP contribution >= 0.6 is 11.6 Å². The van der Waals surface area contributed by atoms with Gasteiger partial charge in [0.05, 0.1) is 21.7 Å². The molecule has 1 aromatic heterocycles. The Morgan fingerprint density at radius 3 is 2.70 bits per heavy atom. The molecule has 0 bridgehead atoms. The second-order valence-corrected chi connectivity index (χ2v) is 7.64. The van der Waals surface area contributed by atoms with Gasteiger partial charge in [0.15, 0.2) is 11.0 Å². The van der Waals surface area contributed by atoms with Gasteiger partial charge in [-0.15, -0.1) is 0 Å². The number of halogens is 2. The Hall–Kier alpha value is -2.51. The number of rotatable bonds is 6. The SMILES string of the molecule is O=S(Nc1cc(-c2ccc(OC3CC3)c(Cl)c2)ncn1)c1ccccc1F. The minimum Gasteiger partial charge on any atom is -0.489 e. The molecule has 0 amide bonds. The Kier molecular flexibility index (Phi) is 5.05. The molecule has 138 valence electrons. The largest absolute Gasteiger partial charge is 0.489 e. The number of nitrogens with one attached hydrogen (secondary N) is 1. The van der Waals surface area contributed by atoms with E-state index in [2.05, 4.69) is 14.7 Å². The fourth-order valence-electron chi connectivity index (χ4n) is 2.44. The van der Waals surface area contributed by atoms with E-state index in [0.29, 0.717) is 22.3 Å². The first-order valence-electron chi connectivity index (χ1n) is 8.32. The van der Waals surface area contributed by atoms with E-state index >= 15 is 0 Å². The second kappa shape index (κ2) is 7.62. The molecule has 0 radical (unpaired) electrons. The molecule has 1 saturated carbocycles. The molecule has 1 atom stereocenters. The van der Waals surface area contributed by atoms with Crippen LogP contribution in [0.1, 0.15) is 12.8 Å². The third kappa shape index (κ3) is 4.26. The predicted molar refractivity (Wildman–Crippen MR) is 103 cm³/mol. The standard InChI is InChI=1S/C19H15ClFN3O2S/c20-14-9-12(5-8-17(14)26-13-6-7-13)16-10-19(23-11-22-16)24-27(25)18-4-2-1-3-15(18)21/h1-5,8-11,13H,6-7H2,(H,22,23,24). The summed E-state index contributed by atoms with van der Waals surface area (Å²) in [4.78, 5) is 8.34. The Bertz CT molecular complexity index is 1010. The maximum absolute atomic E-state index is 13.8. The summed E-state index contributed by atoms with van der Waals surface area (Å²) in [5.41, 5.74) is 1.36. The van der Waals surface area contributed by atoms with Gasteiger partial charge in [0.2, 0.25) is 0 Å². The maximum atomic E-state index is 13.8. The van der Waals surface area contributed by atoms with Crippen molar-refractivity contribution in [2.75, 3.05) is 4.72 Å². The summed E-state index contributed by atoms with van der Waals surface area (Å²) in [6.45, 7) is 0. The van der Waals surface area contributed by atoms with E-state index in [-0.39, 0.29) is 11.0 Å².